The summed E-state index contributed by atoms with van der Waals surface area (Å²) in [5.41, 5.74) is 1.03. The number of unbranched alkanes of at least 4 members (excludes halogenated alkanes) is 1. The highest BCUT2D eigenvalue weighted by Gasteiger charge is 2.15. The van der Waals surface area contributed by atoms with Crippen molar-refractivity contribution in [2.24, 2.45) is 0 Å². The summed E-state index contributed by atoms with van der Waals surface area (Å²) < 4.78 is 18.9. The van der Waals surface area contributed by atoms with Crippen molar-refractivity contribution in [2.75, 3.05) is 0 Å². The standard InChI is InChI=1S/C17H26FNO2/c1-5-7-8-13(6-2)14-9-10-15(18)16(11-14)21-17(20)19-12(3)4/h9-13H,5-8H2,1-4H3,(H,19,20). The molecule has 118 valence electrons. The lowest BCUT2D eigenvalue weighted by Gasteiger charge is -2.16. The van der Waals surface area contributed by atoms with Crippen LogP contribution in [-0.2, 0) is 0 Å². The SMILES string of the molecule is CCCCC(CC)c1ccc(F)c(OC(=O)NC(C)C)c1. The average Bonchev–Trinajstić information content (AvgIpc) is 2.42. The first kappa shape index (κ1) is 17.5. The molecule has 1 aromatic rings. The van der Waals surface area contributed by atoms with Crippen LogP contribution in [0, 0.1) is 5.82 Å². The molecule has 1 aromatic carbocycles. The molecule has 0 spiro atoms. The van der Waals surface area contributed by atoms with E-state index >= 15 is 0 Å². The summed E-state index contributed by atoms with van der Waals surface area (Å²) in [6.45, 7) is 7.93. The molecule has 4 heteroatoms. The molecule has 1 unspecified atom stereocenters. The fourth-order valence-corrected chi connectivity index (χ4v) is 2.27. The van der Waals surface area contributed by atoms with Crippen LogP contribution in [0.15, 0.2) is 18.2 Å². The Kier molecular flexibility index (Phi) is 7.20. The number of carbonyl (C=O) groups excluding carboxylic acids is 1. The van der Waals surface area contributed by atoms with Gasteiger partial charge in [-0.25, -0.2) is 9.18 Å². The lowest BCUT2D eigenvalue weighted by Crippen LogP contribution is -2.32. The van der Waals surface area contributed by atoms with Crippen LogP contribution in [0.5, 0.6) is 5.75 Å². The highest BCUT2D eigenvalue weighted by atomic mass is 19.1. The van der Waals surface area contributed by atoms with Gasteiger partial charge in [-0.3, -0.25) is 0 Å². The summed E-state index contributed by atoms with van der Waals surface area (Å²) in [5, 5.41) is 2.59. The van der Waals surface area contributed by atoms with Crippen LogP contribution in [0.3, 0.4) is 0 Å². The van der Waals surface area contributed by atoms with Gasteiger partial charge in [0.1, 0.15) is 0 Å². The number of halogens is 1. The number of amides is 1. The molecule has 0 saturated heterocycles. The third-order valence-corrected chi connectivity index (χ3v) is 3.43. The molecular weight excluding hydrogens is 269 g/mol. The van der Waals surface area contributed by atoms with Crippen molar-refractivity contribution < 1.29 is 13.9 Å². The first-order valence-corrected chi connectivity index (χ1v) is 7.75. The van der Waals surface area contributed by atoms with Gasteiger partial charge in [0.15, 0.2) is 11.6 Å². The molecule has 0 fully saturated rings. The molecule has 21 heavy (non-hydrogen) atoms. The van der Waals surface area contributed by atoms with Crippen LogP contribution in [0.1, 0.15) is 64.9 Å². The maximum Gasteiger partial charge on any atom is 0.412 e. The van der Waals surface area contributed by atoms with E-state index in [-0.39, 0.29) is 11.8 Å². The minimum Gasteiger partial charge on any atom is -0.407 e. The largest absolute Gasteiger partial charge is 0.412 e. The predicted molar refractivity (Wildman–Crippen MR) is 83.3 cm³/mol. The fourth-order valence-electron chi connectivity index (χ4n) is 2.27. The van der Waals surface area contributed by atoms with Crippen LogP contribution in [-0.4, -0.2) is 12.1 Å². The van der Waals surface area contributed by atoms with Gasteiger partial charge in [0.05, 0.1) is 0 Å². The minimum absolute atomic E-state index is 0.000554. The van der Waals surface area contributed by atoms with E-state index in [4.69, 9.17) is 4.74 Å². The molecule has 1 N–H and O–H groups in total. The fraction of sp³-hybridized carbons (Fsp3) is 0.588. The Labute approximate surface area is 126 Å². The number of hydrogen-bond acceptors (Lipinski definition) is 2. The molecule has 0 aliphatic rings. The first-order chi connectivity index (χ1) is 9.97. The monoisotopic (exact) mass is 295 g/mol. The van der Waals surface area contributed by atoms with Gasteiger partial charge >= 0.3 is 6.09 Å². The zero-order valence-electron chi connectivity index (χ0n) is 13.4. The van der Waals surface area contributed by atoms with Crippen LogP contribution in [0.25, 0.3) is 0 Å². The molecule has 0 bridgehead atoms. The molecule has 1 atom stereocenters. The Bertz CT molecular complexity index is 460. The second kappa shape index (κ2) is 8.65. The molecular formula is C17H26FNO2. The summed E-state index contributed by atoms with van der Waals surface area (Å²) in [6.07, 6.45) is 3.71. The van der Waals surface area contributed by atoms with Crippen molar-refractivity contribution in [1.29, 1.82) is 0 Å². The van der Waals surface area contributed by atoms with E-state index < -0.39 is 11.9 Å². The minimum atomic E-state index is -0.623. The van der Waals surface area contributed by atoms with Gasteiger partial charge in [0, 0.05) is 6.04 Å². The molecule has 0 aliphatic heterocycles. The number of rotatable bonds is 7. The predicted octanol–water partition coefficient (Wildman–Crippen LogP) is 5.01. The summed E-state index contributed by atoms with van der Waals surface area (Å²) in [4.78, 5) is 11.6. The topological polar surface area (TPSA) is 38.3 Å². The normalized spacial score (nSPS) is 12.3. The second-order valence-corrected chi connectivity index (χ2v) is 5.63. The summed E-state index contributed by atoms with van der Waals surface area (Å²) >= 11 is 0. The van der Waals surface area contributed by atoms with E-state index in [0.717, 1.165) is 31.2 Å². The van der Waals surface area contributed by atoms with Crippen LogP contribution in [0.4, 0.5) is 9.18 Å². The summed E-state index contributed by atoms with van der Waals surface area (Å²) in [6, 6.07) is 4.77. The van der Waals surface area contributed by atoms with E-state index in [1.807, 2.05) is 13.8 Å². The van der Waals surface area contributed by atoms with Crippen molar-refractivity contribution in [2.45, 2.75) is 65.3 Å². The highest BCUT2D eigenvalue weighted by Crippen LogP contribution is 2.29. The van der Waals surface area contributed by atoms with Crippen molar-refractivity contribution in [1.82, 2.24) is 5.32 Å². The lowest BCUT2D eigenvalue weighted by molar-refractivity contribution is 0.195. The lowest BCUT2D eigenvalue weighted by atomic mass is 9.91. The first-order valence-electron chi connectivity index (χ1n) is 7.75. The van der Waals surface area contributed by atoms with Gasteiger partial charge < -0.3 is 10.1 Å². The molecule has 0 aromatic heterocycles. The molecule has 0 heterocycles. The third kappa shape index (κ3) is 5.74. The van der Waals surface area contributed by atoms with Crippen molar-refractivity contribution in [3.05, 3.63) is 29.6 Å². The van der Waals surface area contributed by atoms with Gasteiger partial charge in [-0.2, -0.15) is 0 Å². The van der Waals surface area contributed by atoms with Crippen LogP contribution >= 0.6 is 0 Å². The Hall–Kier alpha value is -1.58. The van der Waals surface area contributed by atoms with Crippen molar-refractivity contribution in [3.63, 3.8) is 0 Å². The Morgan fingerprint density at radius 1 is 1.33 bits per heavy atom. The molecule has 1 amide bonds. The van der Waals surface area contributed by atoms with E-state index in [0.29, 0.717) is 5.92 Å². The average molecular weight is 295 g/mol. The van der Waals surface area contributed by atoms with E-state index in [1.165, 1.54) is 6.07 Å². The Morgan fingerprint density at radius 2 is 2.05 bits per heavy atom. The number of ether oxygens (including phenoxy) is 1. The second-order valence-electron chi connectivity index (χ2n) is 5.63. The molecule has 0 saturated carbocycles. The third-order valence-electron chi connectivity index (χ3n) is 3.43. The van der Waals surface area contributed by atoms with Crippen molar-refractivity contribution >= 4 is 6.09 Å². The van der Waals surface area contributed by atoms with Gasteiger partial charge in [0.2, 0.25) is 0 Å². The summed E-state index contributed by atoms with van der Waals surface area (Å²) in [5.74, 6) is -0.135. The zero-order chi connectivity index (χ0) is 15.8. The number of benzene rings is 1. The van der Waals surface area contributed by atoms with Gasteiger partial charge in [0.25, 0.3) is 0 Å². The van der Waals surface area contributed by atoms with Gasteiger partial charge in [-0.1, -0.05) is 32.8 Å². The number of hydrogen-bond donors (Lipinski definition) is 1. The smallest absolute Gasteiger partial charge is 0.407 e. The number of carbonyl (C=O) groups is 1. The summed E-state index contributed by atoms with van der Waals surface area (Å²) in [7, 11) is 0. The van der Waals surface area contributed by atoms with E-state index in [9.17, 15) is 9.18 Å². The molecule has 0 aliphatic carbocycles. The van der Waals surface area contributed by atoms with Crippen LogP contribution in [0.2, 0.25) is 0 Å². The Balaban J connectivity index is 2.85. The highest BCUT2D eigenvalue weighted by molar-refractivity contribution is 5.70. The molecule has 1 rings (SSSR count). The van der Waals surface area contributed by atoms with E-state index in [1.54, 1.807) is 12.1 Å². The maximum atomic E-state index is 13.8. The number of nitrogens with one attached hydrogen (secondary N) is 1. The molecule has 3 nitrogen and oxygen atoms in total. The maximum absolute atomic E-state index is 13.8. The van der Waals surface area contributed by atoms with Gasteiger partial charge in [-0.15, -0.1) is 0 Å². The Morgan fingerprint density at radius 3 is 2.62 bits per heavy atom. The van der Waals surface area contributed by atoms with Gasteiger partial charge in [-0.05, 0) is 50.3 Å². The molecule has 0 radical (unpaired) electrons. The quantitative estimate of drug-likeness (QED) is 0.768. The zero-order valence-corrected chi connectivity index (χ0v) is 13.4. The van der Waals surface area contributed by atoms with Crippen LogP contribution < -0.4 is 10.1 Å². The van der Waals surface area contributed by atoms with Crippen molar-refractivity contribution in [3.8, 4) is 5.75 Å². The van der Waals surface area contributed by atoms with E-state index in [2.05, 4.69) is 19.2 Å².